The van der Waals surface area contributed by atoms with Crippen LogP contribution in [0.1, 0.15) is 0 Å². The molecule has 3 rings (SSSR count). The van der Waals surface area contributed by atoms with Crippen molar-refractivity contribution < 1.29 is 4.79 Å². The van der Waals surface area contributed by atoms with Gasteiger partial charge in [0.1, 0.15) is 0 Å². The quantitative estimate of drug-likeness (QED) is 0.776. The van der Waals surface area contributed by atoms with Crippen LogP contribution in [-0.2, 0) is 4.79 Å². The molecule has 0 unspecified atom stereocenters. The first-order valence-electron chi connectivity index (χ1n) is 6.21. The van der Waals surface area contributed by atoms with Crippen molar-refractivity contribution in [2.24, 2.45) is 5.73 Å². The first-order valence-corrected chi connectivity index (χ1v) is 7.09. The van der Waals surface area contributed by atoms with Gasteiger partial charge in [0.05, 0.1) is 12.2 Å². The number of carbonyl (C=O) groups excluding carboxylic acids is 1. The Morgan fingerprint density at radius 2 is 2.00 bits per heavy atom. The Morgan fingerprint density at radius 1 is 1.20 bits per heavy atom. The molecule has 2 aromatic carbocycles. The molecule has 0 bridgehead atoms. The predicted octanol–water partition coefficient (Wildman–Crippen LogP) is 2.86. The lowest BCUT2D eigenvalue weighted by atomic mass is 10.1. The molecule has 0 aliphatic carbocycles. The van der Waals surface area contributed by atoms with Crippen molar-refractivity contribution in [1.82, 2.24) is 4.98 Å². The number of nitrogens with one attached hydrogen (secondary N) is 1. The van der Waals surface area contributed by atoms with E-state index in [1.165, 1.54) is 22.1 Å². The maximum atomic E-state index is 11.2. The fourth-order valence-corrected chi connectivity index (χ4v) is 2.72. The summed E-state index contributed by atoms with van der Waals surface area (Å²) in [5.41, 5.74) is 7.15. The molecule has 1 amide bonds. The van der Waals surface area contributed by atoms with Crippen LogP contribution < -0.4 is 11.1 Å². The van der Waals surface area contributed by atoms with E-state index in [0.29, 0.717) is 5.13 Å². The van der Waals surface area contributed by atoms with Gasteiger partial charge in [-0.1, -0.05) is 36.4 Å². The second kappa shape index (κ2) is 5.40. The number of hydrogen-bond acceptors (Lipinski definition) is 4. The summed E-state index contributed by atoms with van der Waals surface area (Å²) in [5, 5.41) is 7.53. The van der Waals surface area contributed by atoms with Crippen molar-refractivity contribution in [3.8, 4) is 11.3 Å². The lowest BCUT2D eigenvalue weighted by molar-refractivity contribution is -0.114. The van der Waals surface area contributed by atoms with Gasteiger partial charge in [-0.3, -0.25) is 4.79 Å². The number of carbonyl (C=O) groups is 1. The smallest absolute Gasteiger partial charge is 0.239 e. The van der Waals surface area contributed by atoms with Crippen molar-refractivity contribution in [3.05, 3.63) is 47.8 Å². The summed E-state index contributed by atoms with van der Waals surface area (Å²) < 4.78 is 0. The van der Waals surface area contributed by atoms with Crippen LogP contribution >= 0.6 is 11.3 Å². The number of rotatable bonds is 3. The molecule has 0 saturated carbocycles. The van der Waals surface area contributed by atoms with Crippen molar-refractivity contribution in [3.63, 3.8) is 0 Å². The normalized spacial score (nSPS) is 10.7. The molecule has 0 saturated heterocycles. The van der Waals surface area contributed by atoms with Gasteiger partial charge in [0.2, 0.25) is 5.91 Å². The van der Waals surface area contributed by atoms with Crippen molar-refractivity contribution >= 4 is 33.1 Å². The minimum absolute atomic E-state index is 0.0368. The lowest BCUT2D eigenvalue weighted by Gasteiger charge is -2.01. The Morgan fingerprint density at radius 3 is 2.80 bits per heavy atom. The number of nitrogens with two attached hydrogens (primary N) is 1. The minimum Gasteiger partial charge on any atom is -0.322 e. The summed E-state index contributed by atoms with van der Waals surface area (Å²) in [7, 11) is 0. The van der Waals surface area contributed by atoms with E-state index in [4.69, 9.17) is 5.73 Å². The fourth-order valence-electron chi connectivity index (χ4n) is 1.98. The predicted molar refractivity (Wildman–Crippen MR) is 82.7 cm³/mol. The molecular weight excluding hydrogens is 270 g/mol. The van der Waals surface area contributed by atoms with E-state index in [9.17, 15) is 4.79 Å². The molecule has 5 heteroatoms. The summed E-state index contributed by atoms with van der Waals surface area (Å²) in [6, 6.07) is 14.4. The van der Waals surface area contributed by atoms with Crippen molar-refractivity contribution in [2.75, 3.05) is 11.9 Å². The van der Waals surface area contributed by atoms with Gasteiger partial charge in [0, 0.05) is 10.9 Å². The third-order valence-corrected chi connectivity index (χ3v) is 3.74. The van der Waals surface area contributed by atoms with Gasteiger partial charge in [0.25, 0.3) is 0 Å². The number of amides is 1. The molecule has 0 aliphatic heterocycles. The third kappa shape index (κ3) is 2.54. The summed E-state index contributed by atoms with van der Waals surface area (Å²) in [4.78, 5) is 15.6. The van der Waals surface area contributed by atoms with Gasteiger partial charge in [-0.2, -0.15) is 0 Å². The average Bonchev–Trinajstić information content (AvgIpc) is 2.95. The Labute approximate surface area is 120 Å². The van der Waals surface area contributed by atoms with E-state index >= 15 is 0 Å². The number of benzene rings is 2. The second-order valence-electron chi connectivity index (χ2n) is 4.35. The van der Waals surface area contributed by atoms with Crippen LogP contribution in [0.4, 0.5) is 5.13 Å². The van der Waals surface area contributed by atoms with Gasteiger partial charge >= 0.3 is 0 Å². The molecule has 0 aliphatic rings. The average molecular weight is 283 g/mol. The third-order valence-electron chi connectivity index (χ3n) is 2.98. The Kier molecular flexibility index (Phi) is 3.45. The first kappa shape index (κ1) is 12.8. The highest BCUT2D eigenvalue weighted by atomic mass is 32.1. The number of anilines is 1. The topological polar surface area (TPSA) is 68.0 Å². The van der Waals surface area contributed by atoms with Crippen LogP contribution in [-0.4, -0.2) is 17.4 Å². The molecule has 100 valence electrons. The van der Waals surface area contributed by atoms with Gasteiger partial charge in [-0.25, -0.2) is 4.98 Å². The maximum Gasteiger partial charge on any atom is 0.239 e. The summed E-state index contributed by atoms with van der Waals surface area (Å²) in [5.74, 6) is -0.232. The SMILES string of the molecule is NCC(=O)Nc1nc(-c2ccc3ccccc3c2)cs1. The van der Waals surface area contributed by atoms with Gasteiger partial charge in [-0.05, 0) is 16.8 Å². The van der Waals surface area contributed by atoms with Crippen LogP contribution in [0.25, 0.3) is 22.0 Å². The highest BCUT2D eigenvalue weighted by Crippen LogP contribution is 2.27. The second-order valence-corrected chi connectivity index (χ2v) is 5.21. The Bertz CT molecular complexity index is 766. The van der Waals surface area contributed by atoms with Crippen LogP contribution in [0.2, 0.25) is 0 Å². The molecular formula is C15H13N3OS. The van der Waals surface area contributed by atoms with Crippen molar-refractivity contribution in [1.29, 1.82) is 0 Å². The monoisotopic (exact) mass is 283 g/mol. The zero-order valence-corrected chi connectivity index (χ0v) is 11.5. The van der Waals surface area contributed by atoms with E-state index in [-0.39, 0.29) is 12.5 Å². The van der Waals surface area contributed by atoms with E-state index in [1.54, 1.807) is 0 Å². The van der Waals surface area contributed by atoms with Crippen LogP contribution in [0.3, 0.4) is 0 Å². The standard InChI is InChI=1S/C15H13N3OS/c16-8-14(19)18-15-17-13(9-20-15)12-6-5-10-3-1-2-4-11(10)7-12/h1-7,9H,8,16H2,(H,17,18,19). The van der Waals surface area contributed by atoms with E-state index < -0.39 is 0 Å². The molecule has 1 heterocycles. The summed E-state index contributed by atoms with van der Waals surface area (Å²) in [6.45, 7) is -0.0368. The number of thiazole rings is 1. The molecule has 3 aromatic rings. The zero-order chi connectivity index (χ0) is 13.9. The Balaban J connectivity index is 1.92. The fraction of sp³-hybridized carbons (Fsp3) is 0.0667. The van der Waals surface area contributed by atoms with Gasteiger partial charge in [-0.15, -0.1) is 11.3 Å². The maximum absolute atomic E-state index is 11.2. The highest BCUT2D eigenvalue weighted by molar-refractivity contribution is 7.14. The lowest BCUT2D eigenvalue weighted by Crippen LogP contribution is -2.21. The minimum atomic E-state index is -0.232. The molecule has 1 aromatic heterocycles. The highest BCUT2D eigenvalue weighted by Gasteiger charge is 2.07. The van der Waals surface area contributed by atoms with E-state index in [2.05, 4.69) is 34.6 Å². The molecule has 0 fully saturated rings. The number of nitrogens with zero attached hydrogens (tertiary/aromatic N) is 1. The van der Waals surface area contributed by atoms with Gasteiger partial charge < -0.3 is 11.1 Å². The van der Waals surface area contributed by atoms with Crippen LogP contribution in [0.15, 0.2) is 47.8 Å². The van der Waals surface area contributed by atoms with E-state index in [1.807, 2.05) is 23.6 Å². The number of hydrogen-bond donors (Lipinski definition) is 2. The zero-order valence-electron chi connectivity index (χ0n) is 10.7. The molecule has 3 N–H and O–H groups in total. The largest absolute Gasteiger partial charge is 0.322 e. The molecule has 20 heavy (non-hydrogen) atoms. The number of fused-ring (bicyclic) bond motifs is 1. The number of aromatic nitrogens is 1. The van der Waals surface area contributed by atoms with Crippen molar-refractivity contribution in [2.45, 2.75) is 0 Å². The molecule has 0 atom stereocenters. The van der Waals surface area contributed by atoms with Crippen LogP contribution in [0, 0.1) is 0 Å². The van der Waals surface area contributed by atoms with Gasteiger partial charge in [0.15, 0.2) is 5.13 Å². The molecule has 0 radical (unpaired) electrons. The molecule has 4 nitrogen and oxygen atoms in total. The summed E-state index contributed by atoms with van der Waals surface area (Å²) in [6.07, 6.45) is 0. The summed E-state index contributed by atoms with van der Waals surface area (Å²) >= 11 is 1.39. The molecule has 0 spiro atoms. The first-order chi connectivity index (χ1) is 9.76. The van der Waals surface area contributed by atoms with Crippen LogP contribution in [0.5, 0.6) is 0 Å². The van der Waals surface area contributed by atoms with E-state index in [0.717, 1.165) is 11.3 Å². The Hall–Kier alpha value is -2.24.